The van der Waals surface area contributed by atoms with Crippen molar-refractivity contribution in [3.8, 4) is 0 Å². The van der Waals surface area contributed by atoms with E-state index in [2.05, 4.69) is 15.3 Å². The third-order valence-electron chi connectivity index (χ3n) is 3.17. The maximum atomic E-state index is 12.5. The number of rotatable bonds is 3. The van der Waals surface area contributed by atoms with Gasteiger partial charge in [-0.3, -0.25) is 15.1 Å². The summed E-state index contributed by atoms with van der Waals surface area (Å²) in [5.41, 5.74) is -0.569. The number of amides is 1. The largest absolute Gasteiger partial charge is 0.478 e. The Bertz CT molecular complexity index is 968. The standard InChI is InChI=1S/C15H8F3N3O3S/c16-15(17,18)11-4-2-8(6-19-11)12(22)21-14-20-9-3-1-7(13(23)24)5-10(9)25-14/h1-6H,(H,23,24)(H,20,21,22). The molecule has 0 saturated heterocycles. The van der Waals surface area contributed by atoms with Crippen molar-refractivity contribution in [2.45, 2.75) is 6.18 Å². The highest BCUT2D eigenvalue weighted by Crippen LogP contribution is 2.28. The van der Waals surface area contributed by atoms with Crippen LogP contribution in [-0.4, -0.2) is 27.0 Å². The van der Waals surface area contributed by atoms with E-state index < -0.39 is 23.7 Å². The molecule has 0 radical (unpaired) electrons. The van der Waals surface area contributed by atoms with Gasteiger partial charge in [-0.25, -0.2) is 9.78 Å². The van der Waals surface area contributed by atoms with E-state index in [1.165, 1.54) is 18.2 Å². The van der Waals surface area contributed by atoms with Crippen LogP contribution in [0.2, 0.25) is 0 Å². The Hall–Kier alpha value is -3.01. The van der Waals surface area contributed by atoms with Crippen LogP contribution in [0.4, 0.5) is 18.3 Å². The fraction of sp³-hybridized carbons (Fsp3) is 0.0667. The molecule has 3 rings (SSSR count). The zero-order valence-electron chi connectivity index (χ0n) is 12.2. The highest BCUT2D eigenvalue weighted by Gasteiger charge is 2.32. The van der Waals surface area contributed by atoms with Gasteiger partial charge in [0, 0.05) is 6.20 Å². The second kappa shape index (κ2) is 6.13. The molecule has 128 valence electrons. The number of carboxylic acids is 1. The molecule has 0 spiro atoms. The normalized spacial score (nSPS) is 11.5. The minimum Gasteiger partial charge on any atom is -0.478 e. The summed E-state index contributed by atoms with van der Waals surface area (Å²) in [6.45, 7) is 0. The molecule has 2 aromatic heterocycles. The third kappa shape index (κ3) is 3.58. The SMILES string of the molecule is O=C(O)c1ccc2nc(NC(=O)c3ccc(C(F)(F)F)nc3)sc2c1. The minimum atomic E-state index is -4.58. The van der Waals surface area contributed by atoms with E-state index in [0.29, 0.717) is 16.3 Å². The molecular formula is C15H8F3N3O3S. The van der Waals surface area contributed by atoms with E-state index in [0.717, 1.165) is 23.6 Å². The monoisotopic (exact) mass is 367 g/mol. The van der Waals surface area contributed by atoms with Crippen molar-refractivity contribution in [2.24, 2.45) is 0 Å². The molecule has 2 N–H and O–H groups in total. The van der Waals surface area contributed by atoms with Crippen LogP contribution in [-0.2, 0) is 6.18 Å². The first-order valence-corrected chi connectivity index (χ1v) is 7.54. The number of halogens is 3. The van der Waals surface area contributed by atoms with Gasteiger partial charge in [0.25, 0.3) is 5.91 Å². The summed E-state index contributed by atoms with van der Waals surface area (Å²) < 4.78 is 37.9. The van der Waals surface area contributed by atoms with Crippen molar-refractivity contribution in [2.75, 3.05) is 5.32 Å². The van der Waals surface area contributed by atoms with E-state index in [9.17, 15) is 22.8 Å². The number of carboxylic acid groups (broad SMARTS) is 1. The highest BCUT2D eigenvalue weighted by atomic mass is 32.1. The fourth-order valence-corrected chi connectivity index (χ4v) is 2.88. The Labute approximate surface area is 142 Å². The minimum absolute atomic E-state index is 0.0570. The Morgan fingerprint density at radius 1 is 1.12 bits per heavy atom. The molecule has 10 heteroatoms. The predicted molar refractivity (Wildman–Crippen MR) is 83.8 cm³/mol. The lowest BCUT2D eigenvalue weighted by atomic mass is 10.2. The van der Waals surface area contributed by atoms with Crippen molar-refractivity contribution in [3.63, 3.8) is 0 Å². The number of pyridine rings is 1. The molecule has 6 nitrogen and oxygen atoms in total. The number of fused-ring (bicyclic) bond motifs is 1. The lowest BCUT2D eigenvalue weighted by molar-refractivity contribution is -0.141. The summed E-state index contributed by atoms with van der Waals surface area (Å²) in [6.07, 6.45) is -3.75. The first kappa shape index (κ1) is 16.8. The van der Waals surface area contributed by atoms with E-state index in [1.54, 1.807) is 0 Å². The van der Waals surface area contributed by atoms with Crippen molar-refractivity contribution in [3.05, 3.63) is 53.3 Å². The number of nitrogens with zero attached hydrogens (tertiary/aromatic N) is 2. The van der Waals surface area contributed by atoms with Crippen LogP contribution in [0.25, 0.3) is 10.2 Å². The number of thiazole rings is 1. The van der Waals surface area contributed by atoms with Gasteiger partial charge in [-0.05, 0) is 30.3 Å². The van der Waals surface area contributed by atoms with E-state index in [-0.39, 0.29) is 16.3 Å². The average Bonchev–Trinajstić information content (AvgIpc) is 2.95. The molecule has 1 amide bonds. The Morgan fingerprint density at radius 3 is 2.44 bits per heavy atom. The van der Waals surface area contributed by atoms with Crippen LogP contribution in [0.5, 0.6) is 0 Å². The third-order valence-corrected chi connectivity index (χ3v) is 4.11. The zero-order chi connectivity index (χ0) is 18.2. The number of carbonyl (C=O) groups is 2. The van der Waals surface area contributed by atoms with E-state index in [1.807, 2.05) is 0 Å². The number of hydrogen-bond acceptors (Lipinski definition) is 5. The van der Waals surface area contributed by atoms with Gasteiger partial charge in [0.15, 0.2) is 5.13 Å². The maximum absolute atomic E-state index is 12.5. The first-order valence-electron chi connectivity index (χ1n) is 6.72. The number of carbonyl (C=O) groups excluding carboxylic acids is 1. The van der Waals surface area contributed by atoms with Crippen LogP contribution in [0.3, 0.4) is 0 Å². The fourth-order valence-electron chi connectivity index (χ4n) is 1.98. The molecule has 0 aliphatic carbocycles. The van der Waals surface area contributed by atoms with Crippen LogP contribution in [0.15, 0.2) is 36.5 Å². The van der Waals surface area contributed by atoms with Gasteiger partial charge in [-0.1, -0.05) is 11.3 Å². The Kier molecular flexibility index (Phi) is 4.13. The summed E-state index contributed by atoms with van der Waals surface area (Å²) in [5, 5.41) is 11.6. The second-order valence-electron chi connectivity index (χ2n) is 4.89. The van der Waals surface area contributed by atoms with Crippen LogP contribution >= 0.6 is 11.3 Å². The molecule has 0 aliphatic rings. The number of aromatic carboxylic acids is 1. The molecule has 0 saturated carbocycles. The molecule has 25 heavy (non-hydrogen) atoms. The topological polar surface area (TPSA) is 92.2 Å². The van der Waals surface area contributed by atoms with Gasteiger partial charge in [-0.2, -0.15) is 13.2 Å². The van der Waals surface area contributed by atoms with Gasteiger partial charge in [0.05, 0.1) is 21.3 Å². The van der Waals surface area contributed by atoms with Gasteiger partial charge >= 0.3 is 12.1 Å². The highest BCUT2D eigenvalue weighted by molar-refractivity contribution is 7.22. The van der Waals surface area contributed by atoms with Crippen molar-refractivity contribution >= 4 is 38.6 Å². The number of nitrogens with one attached hydrogen (secondary N) is 1. The number of aromatic nitrogens is 2. The zero-order valence-corrected chi connectivity index (χ0v) is 13.0. The van der Waals surface area contributed by atoms with E-state index in [4.69, 9.17) is 5.11 Å². The van der Waals surface area contributed by atoms with Crippen molar-refractivity contribution in [1.82, 2.24) is 9.97 Å². The second-order valence-corrected chi connectivity index (χ2v) is 5.92. The summed E-state index contributed by atoms with van der Waals surface area (Å²) in [5.74, 6) is -1.75. The molecule has 2 heterocycles. The predicted octanol–water partition coefficient (Wildman–Crippen LogP) is 3.66. The molecular weight excluding hydrogens is 359 g/mol. The molecule has 0 unspecified atom stereocenters. The molecule has 3 aromatic rings. The smallest absolute Gasteiger partial charge is 0.433 e. The Balaban J connectivity index is 1.80. The molecule has 0 bridgehead atoms. The van der Waals surface area contributed by atoms with Gasteiger partial charge in [0.2, 0.25) is 0 Å². The summed E-state index contributed by atoms with van der Waals surface area (Å²) in [6, 6.07) is 6.04. The van der Waals surface area contributed by atoms with Gasteiger partial charge in [0.1, 0.15) is 5.69 Å². The molecule has 0 aliphatic heterocycles. The molecule has 1 aromatic carbocycles. The van der Waals surface area contributed by atoms with Crippen molar-refractivity contribution in [1.29, 1.82) is 0 Å². The Morgan fingerprint density at radius 2 is 1.84 bits per heavy atom. The summed E-state index contributed by atoms with van der Waals surface area (Å²) in [7, 11) is 0. The number of anilines is 1. The maximum Gasteiger partial charge on any atom is 0.433 e. The number of alkyl halides is 3. The average molecular weight is 367 g/mol. The number of hydrogen-bond donors (Lipinski definition) is 2. The summed E-state index contributed by atoms with van der Waals surface area (Å²) in [4.78, 5) is 30.4. The van der Waals surface area contributed by atoms with Crippen LogP contribution in [0.1, 0.15) is 26.4 Å². The lowest BCUT2D eigenvalue weighted by Crippen LogP contribution is -2.14. The number of benzene rings is 1. The first-order chi connectivity index (χ1) is 11.7. The van der Waals surface area contributed by atoms with Crippen molar-refractivity contribution < 1.29 is 27.9 Å². The summed E-state index contributed by atoms with van der Waals surface area (Å²) >= 11 is 1.05. The van der Waals surface area contributed by atoms with Gasteiger partial charge < -0.3 is 5.11 Å². The molecule has 0 fully saturated rings. The van der Waals surface area contributed by atoms with Gasteiger partial charge in [-0.15, -0.1) is 0 Å². The molecule has 0 atom stereocenters. The quantitative estimate of drug-likeness (QED) is 0.737. The van der Waals surface area contributed by atoms with Crippen LogP contribution in [0, 0.1) is 0 Å². The van der Waals surface area contributed by atoms with E-state index >= 15 is 0 Å². The lowest BCUT2D eigenvalue weighted by Gasteiger charge is -2.06. The van der Waals surface area contributed by atoms with Crippen LogP contribution < -0.4 is 5.32 Å².